The van der Waals surface area contributed by atoms with Crippen LogP contribution in [-0.4, -0.2) is 30.8 Å². The van der Waals surface area contributed by atoms with Crippen molar-refractivity contribution < 1.29 is 9.90 Å². The highest BCUT2D eigenvalue weighted by atomic mass is 16.3. The predicted octanol–water partition coefficient (Wildman–Crippen LogP) is 2.64. The minimum absolute atomic E-state index is 0.0659. The van der Waals surface area contributed by atoms with E-state index in [4.69, 9.17) is 5.11 Å². The van der Waals surface area contributed by atoms with Crippen molar-refractivity contribution in [2.45, 2.75) is 40.0 Å². The fraction of sp³-hybridized carbons (Fsp3) is 0.588. The molecular weight excluding hydrogens is 264 g/mol. The summed E-state index contributed by atoms with van der Waals surface area (Å²) in [4.78, 5) is 11.6. The zero-order valence-corrected chi connectivity index (χ0v) is 13.4. The molecule has 0 atom stereocenters. The smallest absolute Gasteiger partial charge is 0.314 e. The van der Waals surface area contributed by atoms with Crippen LogP contribution in [0, 0.1) is 12.3 Å². The van der Waals surface area contributed by atoms with Crippen molar-refractivity contribution in [3.05, 3.63) is 35.4 Å². The van der Waals surface area contributed by atoms with Gasteiger partial charge in [0.05, 0.1) is 0 Å². The Hall–Kier alpha value is -1.55. The number of aliphatic hydroxyl groups excluding tert-OH is 1. The topological polar surface area (TPSA) is 61.4 Å². The maximum absolute atomic E-state index is 11.6. The maximum Gasteiger partial charge on any atom is 0.314 e. The fourth-order valence-corrected chi connectivity index (χ4v) is 1.99. The number of nitrogens with one attached hydrogen (secondary N) is 2. The van der Waals surface area contributed by atoms with Gasteiger partial charge in [-0.1, -0.05) is 43.7 Å². The molecular formula is C17H28N2O2. The summed E-state index contributed by atoms with van der Waals surface area (Å²) in [5.74, 6) is 0. The monoisotopic (exact) mass is 292 g/mol. The van der Waals surface area contributed by atoms with Crippen molar-refractivity contribution in [3.63, 3.8) is 0 Å². The van der Waals surface area contributed by atoms with Crippen molar-refractivity contribution in [3.8, 4) is 0 Å². The van der Waals surface area contributed by atoms with Crippen LogP contribution in [0.25, 0.3) is 0 Å². The molecule has 0 bridgehead atoms. The zero-order valence-electron chi connectivity index (χ0n) is 13.4. The molecule has 118 valence electrons. The first kappa shape index (κ1) is 17.5. The van der Waals surface area contributed by atoms with Gasteiger partial charge in [0, 0.05) is 19.7 Å². The van der Waals surface area contributed by atoms with Crippen LogP contribution < -0.4 is 10.6 Å². The van der Waals surface area contributed by atoms with Gasteiger partial charge in [-0.15, -0.1) is 0 Å². The Kier molecular flexibility index (Phi) is 7.23. The molecule has 0 radical (unpaired) electrons. The van der Waals surface area contributed by atoms with Crippen molar-refractivity contribution >= 4 is 6.03 Å². The molecule has 0 spiro atoms. The van der Waals surface area contributed by atoms with Gasteiger partial charge in [-0.2, -0.15) is 0 Å². The molecule has 2 amide bonds. The number of carbonyl (C=O) groups is 1. The molecule has 0 aromatic heterocycles. The molecule has 0 aliphatic heterocycles. The van der Waals surface area contributed by atoms with E-state index in [-0.39, 0.29) is 18.1 Å². The van der Waals surface area contributed by atoms with Gasteiger partial charge >= 0.3 is 6.03 Å². The summed E-state index contributed by atoms with van der Waals surface area (Å²) in [7, 11) is 0. The van der Waals surface area contributed by atoms with Gasteiger partial charge < -0.3 is 15.7 Å². The molecule has 0 fully saturated rings. The Labute approximate surface area is 128 Å². The van der Waals surface area contributed by atoms with Crippen LogP contribution in [0.2, 0.25) is 0 Å². The van der Waals surface area contributed by atoms with E-state index in [0.717, 1.165) is 19.3 Å². The molecule has 0 saturated carbocycles. The number of benzene rings is 1. The normalized spacial score (nSPS) is 11.2. The van der Waals surface area contributed by atoms with E-state index >= 15 is 0 Å². The molecule has 4 nitrogen and oxygen atoms in total. The molecule has 0 unspecified atom stereocenters. The molecule has 0 aliphatic carbocycles. The molecule has 1 rings (SSSR count). The Bertz CT molecular complexity index is 427. The first-order chi connectivity index (χ1) is 9.93. The second kappa shape index (κ2) is 8.67. The molecule has 1 aromatic rings. The van der Waals surface area contributed by atoms with E-state index in [1.807, 2.05) is 13.8 Å². The van der Waals surface area contributed by atoms with Crippen molar-refractivity contribution in [2.75, 3.05) is 19.7 Å². The van der Waals surface area contributed by atoms with E-state index in [0.29, 0.717) is 13.1 Å². The SMILES string of the molecule is Cc1ccc(CCNC(=O)NCCCC(C)(C)CO)cc1. The third kappa shape index (κ3) is 7.71. The summed E-state index contributed by atoms with van der Waals surface area (Å²) in [6, 6.07) is 8.22. The average molecular weight is 292 g/mol. The standard InChI is InChI=1S/C17H28N2O2/c1-14-5-7-15(8-6-14)9-12-19-16(21)18-11-4-10-17(2,3)13-20/h5-8,20H,4,9-13H2,1-3H3,(H2,18,19,21). The minimum Gasteiger partial charge on any atom is -0.396 e. The molecule has 21 heavy (non-hydrogen) atoms. The van der Waals surface area contributed by atoms with Crippen LogP contribution in [0.3, 0.4) is 0 Å². The third-order valence-corrected chi connectivity index (χ3v) is 3.56. The second-order valence-corrected chi connectivity index (χ2v) is 6.34. The zero-order chi connectivity index (χ0) is 15.7. The van der Waals surface area contributed by atoms with E-state index in [1.54, 1.807) is 0 Å². The van der Waals surface area contributed by atoms with Gasteiger partial charge in [-0.3, -0.25) is 0 Å². The van der Waals surface area contributed by atoms with Gasteiger partial charge in [0.2, 0.25) is 0 Å². The Morgan fingerprint density at radius 1 is 1.14 bits per heavy atom. The van der Waals surface area contributed by atoms with E-state index < -0.39 is 0 Å². The van der Waals surface area contributed by atoms with Crippen LogP contribution in [0.5, 0.6) is 0 Å². The summed E-state index contributed by atoms with van der Waals surface area (Å²) in [6.45, 7) is 7.56. The number of urea groups is 1. The largest absolute Gasteiger partial charge is 0.396 e. The second-order valence-electron chi connectivity index (χ2n) is 6.34. The lowest BCUT2D eigenvalue weighted by Gasteiger charge is -2.21. The van der Waals surface area contributed by atoms with Gasteiger partial charge in [0.15, 0.2) is 0 Å². The lowest BCUT2D eigenvalue weighted by Crippen LogP contribution is -2.37. The molecule has 0 aliphatic rings. The van der Waals surface area contributed by atoms with E-state index in [2.05, 4.69) is 41.8 Å². The van der Waals surface area contributed by atoms with Crippen LogP contribution in [-0.2, 0) is 6.42 Å². The van der Waals surface area contributed by atoms with Gasteiger partial charge in [0.1, 0.15) is 0 Å². The number of hydrogen-bond donors (Lipinski definition) is 3. The number of aliphatic hydroxyl groups is 1. The first-order valence-corrected chi connectivity index (χ1v) is 7.61. The Balaban J connectivity index is 2.10. The fourth-order valence-electron chi connectivity index (χ4n) is 1.99. The summed E-state index contributed by atoms with van der Waals surface area (Å²) in [5, 5.41) is 14.8. The van der Waals surface area contributed by atoms with Crippen LogP contribution in [0.4, 0.5) is 4.79 Å². The highest BCUT2D eigenvalue weighted by Crippen LogP contribution is 2.20. The highest BCUT2D eigenvalue weighted by molar-refractivity contribution is 5.73. The summed E-state index contributed by atoms with van der Waals surface area (Å²) in [6.07, 6.45) is 2.61. The summed E-state index contributed by atoms with van der Waals surface area (Å²) >= 11 is 0. The Morgan fingerprint density at radius 2 is 1.76 bits per heavy atom. The quantitative estimate of drug-likeness (QED) is 0.645. The molecule has 3 N–H and O–H groups in total. The average Bonchev–Trinajstić information content (AvgIpc) is 2.46. The van der Waals surface area contributed by atoms with Crippen LogP contribution in [0.1, 0.15) is 37.8 Å². The molecule has 1 aromatic carbocycles. The van der Waals surface area contributed by atoms with Gasteiger partial charge in [-0.25, -0.2) is 4.79 Å². The Morgan fingerprint density at radius 3 is 2.38 bits per heavy atom. The first-order valence-electron chi connectivity index (χ1n) is 7.61. The van der Waals surface area contributed by atoms with E-state index in [9.17, 15) is 4.79 Å². The highest BCUT2D eigenvalue weighted by Gasteiger charge is 2.15. The summed E-state index contributed by atoms with van der Waals surface area (Å²) in [5.41, 5.74) is 2.41. The predicted molar refractivity (Wildman–Crippen MR) is 86.4 cm³/mol. The van der Waals surface area contributed by atoms with Crippen molar-refractivity contribution in [1.82, 2.24) is 10.6 Å². The van der Waals surface area contributed by atoms with Crippen molar-refractivity contribution in [2.24, 2.45) is 5.41 Å². The van der Waals surface area contributed by atoms with Crippen LogP contribution >= 0.6 is 0 Å². The number of aryl methyl sites for hydroxylation is 1. The van der Waals surface area contributed by atoms with Gasteiger partial charge in [0.25, 0.3) is 0 Å². The number of hydrogen-bond acceptors (Lipinski definition) is 2. The van der Waals surface area contributed by atoms with Crippen molar-refractivity contribution in [1.29, 1.82) is 0 Å². The lowest BCUT2D eigenvalue weighted by atomic mass is 9.89. The third-order valence-electron chi connectivity index (χ3n) is 3.56. The number of rotatable bonds is 8. The molecule has 0 saturated heterocycles. The van der Waals surface area contributed by atoms with Crippen LogP contribution in [0.15, 0.2) is 24.3 Å². The minimum atomic E-state index is -0.121. The summed E-state index contributed by atoms with van der Waals surface area (Å²) < 4.78 is 0. The van der Waals surface area contributed by atoms with E-state index in [1.165, 1.54) is 11.1 Å². The number of carbonyl (C=O) groups excluding carboxylic acids is 1. The molecule has 0 heterocycles. The van der Waals surface area contributed by atoms with Gasteiger partial charge in [-0.05, 0) is 37.2 Å². The molecule has 4 heteroatoms. The lowest BCUT2D eigenvalue weighted by molar-refractivity contribution is 0.148. The maximum atomic E-state index is 11.6. The number of amides is 2.